The van der Waals surface area contributed by atoms with Crippen molar-refractivity contribution in [2.75, 3.05) is 13.2 Å². The van der Waals surface area contributed by atoms with E-state index in [0.29, 0.717) is 0 Å². The van der Waals surface area contributed by atoms with Crippen LogP contribution in [0, 0.1) is 0 Å². The molecule has 2 fully saturated rings. The molecule has 16 heavy (non-hydrogen) atoms. The number of hydrogen-bond acceptors (Lipinski definition) is 6. The van der Waals surface area contributed by atoms with Crippen molar-refractivity contribution in [3.8, 4) is 0 Å². The fourth-order valence-corrected chi connectivity index (χ4v) is 1.31. The van der Waals surface area contributed by atoms with E-state index in [0.717, 1.165) is 0 Å². The van der Waals surface area contributed by atoms with Gasteiger partial charge in [0.15, 0.2) is 12.2 Å². The summed E-state index contributed by atoms with van der Waals surface area (Å²) in [4.78, 5) is 22.3. The highest BCUT2D eigenvalue weighted by molar-refractivity contribution is 5.78. The zero-order chi connectivity index (χ0) is 11.7. The molecule has 0 unspecified atom stereocenters. The number of rotatable bonds is 5. The lowest BCUT2D eigenvalue weighted by Gasteiger charge is -2.03. The van der Waals surface area contributed by atoms with Crippen molar-refractivity contribution in [2.24, 2.45) is 0 Å². The molecule has 0 amide bonds. The molecule has 0 N–H and O–H groups in total. The van der Waals surface area contributed by atoms with E-state index in [2.05, 4.69) is 0 Å². The molecule has 2 rings (SSSR count). The van der Waals surface area contributed by atoms with Crippen LogP contribution in [0.15, 0.2) is 0 Å². The normalized spacial score (nSPS) is 35.4. The van der Waals surface area contributed by atoms with Gasteiger partial charge >= 0.3 is 11.9 Å². The highest BCUT2D eigenvalue weighted by Crippen LogP contribution is 2.23. The lowest BCUT2D eigenvalue weighted by Crippen LogP contribution is -2.20. The van der Waals surface area contributed by atoms with E-state index < -0.39 is 24.1 Å². The number of epoxide rings is 2. The molecule has 4 atom stereocenters. The summed E-state index contributed by atoms with van der Waals surface area (Å²) in [5, 5.41) is 0. The molecule has 0 aromatic rings. The lowest BCUT2D eigenvalue weighted by molar-refractivity contribution is -0.153. The maximum Gasteiger partial charge on any atom is 0.338 e. The summed E-state index contributed by atoms with van der Waals surface area (Å²) in [6.07, 6.45) is -1.00. The SMILES string of the molecule is C[C@@H]1O[C@@H]1C(=O)OCCOC(=O)[C@H]1O[C@H]1C. The fourth-order valence-electron chi connectivity index (χ4n) is 1.31. The Labute approximate surface area is 92.8 Å². The van der Waals surface area contributed by atoms with Crippen LogP contribution in [0.4, 0.5) is 0 Å². The van der Waals surface area contributed by atoms with E-state index in [1.54, 1.807) is 13.8 Å². The first kappa shape index (κ1) is 11.3. The van der Waals surface area contributed by atoms with Crippen molar-refractivity contribution in [2.45, 2.75) is 38.3 Å². The average Bonchev–Trinajstić information content (AvgIpc) is 3.11. The van der Waals surface area contributed by atoms with Gasteiger partial charge < -0.3 is 18.9 Å². The van der Waals surface area contributed by atoms with Crippen LogP contribution in [-0.2, 0) is 28.5 Å². The summed E-state index contributed by atoms with van der Waals surface area (Å²) in [6, 6.07) is 0. The van der Waals surface area contributed by atoms with Gasteiger partial charge in [-0.25, -0.2) is 9.59 Å². The molecule has 2 aliphatic rings. The predicted octanol–water partition coefficient (Wildman–Crippen LogP) is -0.353. The van der Waals surface area contributed by atoms with Gasteiger partial charge in [0.05, 0.1) is 12.2 Å². The molecule has 2 saturated heterocycles. The highest BCUT2D eigenvalue weighted by atomic mass is 16.7. The summed E-state index contributed by atoms with van der Waals surface area (Å²) in [5.74, 6) is -0.806. The highest BCUT2D eigenvalue weighted by Gasteiger charge is 2.43. The van der Waals surface area contributed by atoms with Gasteiger partial charge in [-0.3, -0.25) is 0 Å². The van der Waals surface area contributed by atoms with Gasteiger partial charge in [0.1, 0.15) is 13.2 Å². The maximum absolute atomic E-state index is 11.1. The zero-order valence-corrected chi connectivity index (χ0v) is 9.17. The van der Waals surface area contributed by atoms with Crippen LogP contribution in [0.25, 0.3) is 0 Å². The largest absolute Gasteiger partial charge is 0.460 e. The molecular formula is C10H14O6. The molecule has 6 heteroatoms. The van der Waals surface area contributed by atoms with E-state index in [1.807, 2.05) is 0 Å². The van der Waals surface area contributed by atoms with E-state index >= 15 is 0 Å². The molecule has 0 aromatic carbocycles. The summed E-state index contributed by atoms with van der Waals surface area (Å²) in [7, 11) is 0. The molecule has 0 aromatic heterocycles. The zero-order valence-electron chi connectivity index (χ0n) is 9.17. The number of hydrogen-bond donors (Lipinski definition) is 0. The second-order valence-corrected chi connectivity index (χ2v) is 3.86. The molecule has 2 aliphatic heterocycles. The average molecular weight is 230 g/mol. The summed E-state index contributed by atoms with van der Waals surface area (Å²) >= 11 is 0. The van der Waals surface area contributed by atoms with Crippen LogP contribution in [0.3, 0.4) is 0 Å². The van der Waals surface area contributed by atoms with E-state index in [1.165, 1.54) is 0 Å². The minimum absolute atomic E-state index is 0.0538. The van der Waals surface area contributed by atoms with Gasteiger partial charge in [0.2, 0.25) is 0 Å². The Balaban J connectivity index is 1.52. The number of esters is 2. The minimum Gasteiger partial charge on any atom is -0.460 e. The molecular weight excluding hydrogens is 216 g/mol. The smallest absolute Gasteiger partial charge is 0.338 e. The maximum atomic E-state index is 11.1. The van der Waals surface area contributed by atoms with E-state index in [4.69, 9.17) is 18.9 Å². The van der Waals surface area contributed by atoms with Crippen molar-refractivity contribution < 1.29 is 28.5 Å². The first-order valence-electron chi connectivity index (χ1n) is 5.24. The van der Waals surface area contributed by atoms with Gasteiger partial charge in [-0.05, 0) is 13.8 Å². The van der Waals surface area contributed by atoms with E-state index in [9.17, 15) is 9.59 Å². The standard InChI is InChI=1S/C10H14O6/c1-5-7(15-5)9(11)13-3-4-14-10(12)8-6(2)16-8/h5-8H,3-4H2,1-2H3/t5-,6-,7-,8-/m0/s1. The Bertz CT molecular complexity index is 272. The van der Waals surface area contributed by atoms with Crippen LogP contribution >= 0.6 is 0 Å². The van der Waals surface area contributed by atoms with Crippen LogP contribution < -0.4 is 0 Å². The Morgan fingerprint density at radius 1 is 0.938 bits per heavy atom. The van der Waals surface area contributed by atoms with E-state index in [-0.39, 0.29) is 25.4 Å². The summed E-state index contributed by atoms with van der Waals surface area (Å²) < 4.78 is 19.5. The summed E-state index contributed by atoms with van der Waals surface area (Å²) in [6.45, 7) is 3.69. The third-order valence-electron chi connectivity index (χ3n) is 2.46. The molecule has 0 bridgehead atoms. The van der Waals surface area contributed by atoms with Crippen LogP contribution in [0.5, 0.6) is 0 Å². The molecule has 2 heterocycles. The van der Waals surface area contributed by atoms with Crippen LogP contribution in [-0.4, -0.2) is 49.6 Å². The van der Waals surface area contributed by atoms with Crippen LogP contribution in [0.1, 0.15) is 13.8 Å². The van der Waals surface area contributed by atoms with Gasteiger partial charge in [0.25, 0.3) is 0 Å². The van der Waals surface area contributed by atoms with Crippen LogP contribution in [0.2, 0.25) is 0 Å². The van der Waals surface area contributed by atoms with Crippen molar-refractivity contribution in [3.63, 3.8) is 0 Å². The monoisotopic (exact) mass is 230 g/mol. The van der Waals surface area contributed by atoms with Gasteiger partial charge in [-0.2, -0.15) is 0 Å². The fraction of sp³-hybridized carbons (Fsp3) is 0.800. The Morgan fingerprint density at radius 3 is 1.50 bits per heavy atom. The Kier molecular flexibility index (Phi) is 3.11. The third-order valence-corrected chi connectivity index (χ3v) is 2.46. The van der Waals surface area contributed by atoms with Crippen molar-refractivity contribution in [3.05, 3.63) is 0 Å². The minimum atomic E-state index is -0.442. The quantitative estimate of drug-likeness (QED) is 0.365. The van der Waals surface area contributed by atoms with Gasteiger partial charge in [-0.1, -0.05) is 0 Å². The molecule has 0 saturated carbocycles. The first-order valence-corrected chi connectivity index (χ1v) is 5.24. The molecule has 90 valence electrons. The number of carbonyl (C=O) groups is 2. The molecule has 0 aliphatic carbocycles. The van der Waals surface area contributed by atoms with Crippen molar-refractivity contribution in [1.82, 2.24) is 0 Å². The first-order chi connectivity index (χ1) is 7.59. The second kappa shape index (κ2) is 4.39. The predicted molar refractivity (Wildman–Crippen MR) is 50.6 cm³/mol. The number of carbonyl (C=O) groups excluding carboxylic acids is 2. The van der Waals surface area contributed by atoms with Gasteiger partial charge in [0, 0.05) is 0 Å². The topological polar surface area (TPSA) is 77.7 Å². The molecule has 6 nitrogen and oxygen atoms in total. The third kappa shape index (κ3) is 2.70. The molecule has 0 radical (unpaired) electrons. The number of ether oxygens (including phenoxy) is 4. The second-order valence-electron chi connectivity index (χ2n) is 3.86. The van der Waals surface area contributed by atoms with Gasteiger partial charge in [-0.15, -0.1) is 0 Å². The van der Waals surface area contributed by atoms with Crippen molar-refractivity contribution >= 4 is 11.9 Å². The van der Waals surface area contributed by atoms with Crippen molar-refractivity contribution in [1.29, 1.82) is 0 Å². The summed E-state index contributed by atoms with van der Waals surface area (Å²) in [5.41, 5.74) is 0. The Morgan fingerprint density at radius 2 is 1.25 bits per heavy atom. The molecule has 0 spiro atoms. The Hall–Kier alpha value is -1.14. The lowest BCUT2D eigenvalue weighted by atomic mass is 10.3.